The van der Waals surface area contributed by atoms with Gasteiger partial charge in [0.1, 0.15) is 4.90 Å². The van der Waals surface area contributed by atoms with E-state index in [2.05, 4.69) is 4.72 Å². The van der Waals surface area contributed by atoms with Crippen molar-refractivity contribution in [1.29, 1.82) is 0 Å². The van der Waals surface area contributed by atoms with E-state index < -0.39 is 15.6 Å². The molecule has 0 unspecified atom stereocenters. The molecule has 4 nitrogen and oxygen atoms in total. The Hall–Kier alpha value is -0.620. The van der Waals surface area contributed by atoms with E-state index in [4.69, 9.17) is 17.3 Å². The molecule has 0 saturated heterocycles. The molecule has 0 heterocycles. The molecule has 1 aromatic carbocycles. The Morgan fingerprint density at radius 3 is 2.35 bits per heavy atom. The van der Waals surface area contributed by atoms with Gasteiger partial charge in [-0.25, -0.2) is 13.1 Å². The van der Waals surface area contributed by atoms with Crippen molar-refractivity contribution in [1.82, 2.24) is 4.72 Å². The Morgan fingerprint density at radius 1 is 1.15 bits per heavy atom. The van der Waals surface area contributed by atoms with Gasteiger partial charge in [-0.1, -0.05) is 49.4 Å². The third-order valence-corrected chi connectivity index (χ3v) is 5.74. The van der Waals surface area contributed by atoms with Gasteiger partial charge in [0.15, 0.2) is 0 Å². The first-order chi connectivity index (χ1) is 9.43. The minimum atomic E-state index is -3.60. The van der Waals surface area contributed by atoms with Gasteiger partial charge < -0.3 is 5.73 Å². The van der Waals surface area contributed by atoms with Crippen molar-refractivity contribution < 1.29 is 8.42 Å². The molecule has 112 valence electrons. The third kappa shape index (κ3) is 3.95. The predicted octanol–water partition coefficient (Wildman–Crippen LogP) is 2.67. The lowest BCUT2D eigenvalue weighted by Gasteiger charge is -2.28. The number of halogens is 1. The fourth-order valence-corrected chi connectivity index (χ4v) is 4.24. The van der Waals surface area contributed by atoms with E-state index in [1.807, 2.05) is 0 Å². The highest BCUT2D eigenvalue weighted by molar-refractivity contribution is 7.89. The summed E-state index contributed by atoms with van der Waals surface area (Å²) in [5.74, 6) is 0. The minimum Gasteiger partial charge on any atom is -0.324 e. The molecule has 20 heavy (non-hydrogen) atoms. The van der Waals surface area contributed by atoms with Crippen LogP contribution in [0.2, 0.25) is 5.02 Å². The fourth-order valence-electron chi connectivity index (χ4n) is 2.59. The summed E-state index contributed by atoms with van der Waals surface area (Å²) in [4.78, 5) is 0.110. The molecule has 1 aliphatic rings. The van der Waals surface area contributed by atoms with Crippen LogP contribution < -0.4 is 10.5 Å². The summed E-state index contributed by atoms with van der Waals surface area (Å²) in [6, 6.07) is 6.43. The van der Waals surface area contributed by atoms with Gasteiger partial charge in [-0.3, -0.25) is 0 Å². The van der Waals surface area contributed by atoms with Gasteiger partial charge in [0.05, 0.1) is 5.02 Å². The van der Waals surface area contributed by atoms with E-state index in [0.29, 0.717) is 0 Å². The van der Waals surface area contributed by atoms with Crippen LogP contribution in [0.1, 0.15) is 38.5 Å². The third-order valence-electron chi connectivity index (χ3n) is 3.84. The van der Waals surface area contributed by atoms with Gasteiger partial charge in [0.2, 0.25) is 10.0 Å². The maximum absolute atomic E-state index is 12.3. The van der Waals surface area contributed by atoms with Crippen LogP contribution in [0.4, 0.5) is 0 Å². The van der Waals surface area contributed by atoms with Gasteiger partial charge in [0, 0.05) is 12.1 Å². The zero-order valence-corrected chi connectivity index (χ0v) is 13.0. The van der Waals surface area contributed by atoms with Crippen molar-refractivity contribution in [2.45, 2.75) is 49.0 Å². The van der Waals surface area contributed by atoms with Crippen molar-refractivity contribution >= 4 is 21.6 Å². The molecular formula is C14H21ClN2O2S. The lowest BCUT2D eigenvalue weighted by atomic mass is 9.92. The van der Waals surface area contributed by atoms with Crippen LogP contribution in [0.15, 0.2) is 29.2 Å². The molecule has 6 heteroatoms. The van der Waals surface area contributed by atoms with Gasteiger partial charge in [0.25, 0.3) is 0 Å². The molecule has 0 bridgehead atoms. The van der Waals surface area contributed by atoms with Crippen molar-refractivity contribution in [3.8, 4) is 0 Å². The largest absolute Gasteiger partial charge is 0.324 e. The minimum absolute atomic E-state index is 0.110. The zero-order chi connectivity index (χ0) is 14.6. The molecule has 0 aromatic heterocycles. The van der Waals surface area contributed by atoms with Crippen molar-refractivity contribution in [2.24, 2.45) is 5.73 Å². The van der Waals surface area contributed by atoms with Crippen molar-refractivity contribution in [3.63, 3.8) is 0 Å². The molecule has 0 atom stereocenters. The monoisotopic (exact) mass is 316 g/mol. The summed E-state index contributed by atoms with van der Waals surface area (Å²) < 4.78 is 27.2. The Balaban J connectivity index is 2.07. The normalized spacial score (nSPS) is 19.5. The second kappa shape index (κ2) is 6.43. The van der Waals surface area contributed by atoms with E-state index in [1.54, 1.807) is 18.2 Å². The Kier molecular flexibility index (Phi) is 5.07. The van der Waals surface area contributed by atoms with Crippen molar-refractivity contribution in [2.75, 3.05) is 6.54 Å². The summed E-state index contributed by atoms with van der Waals surface area (Å²) in [5, 5.41) is 0.229. The topological polar surface area (TPSA) is 72.2 Å². The summed E-state index contributed by atoms with van der Waals surface area (Å²) in [5.41, 5.74) is 5.88. The van der Waals surface area contributed by atoms with E-state index in [-0.39, 0.29) is 16.5 Å². The van der Waals surface area contributed by atoms with Gasteiger partial charge in [-0.15, -0.1) is 0 Å². The molecule has 3 N–H and O–H groups in total. The van der Waals surface area contributed by atoms with E-state index in [9.17, 15) is 8.42 Å². The smallest absolute Gasteiger partial charge is 0.242 e. The highest BCUT2D eigenvalue weighted by atomic mass is 35.5. The average molecular weight is 317 g/mol. The molecule has 2 rings (SSSR count). The number of sulfonamides is 1. The number of hydrogen-bond acceptors (Lipinski definition) is 3. The summed E-state index contributed by atoms with van der Waals surface area (Å²) in [6.07, 6.45) is 6.19. The van der Waals surface area contributed by atoms with Gasteiger partial charge in [-0.2, -0.15) is 0 Å². The second-order valence-corrected chi connectivity index (χ2v) is 7.67. The quantitative estimate of drug-likeness (QED) is 0.839. The SMILES string of the molecule is NC1(CNS(=O)(=O)c2ccccc2Cl)CCCCCC1. The molecule has 1 aliphatic carbocycles. The second-order valence-electron chi connectivity index (χ2n) is 5.53. The Morgan fingerprint density at radius 2 is 1.75 bits per heavy atom. The number of rotatable bonds is 4. The van der Waals surface area contributed by atoms with E-state index >= 15 is 0 Å². The summed E-state index contributed by atoms with van der Waals surface area (Å²) >= 11 is 5.94. The van der Waals surface area contributed by atoms with E-state index in [0.717, 1.165) is 25.7 Å². The first-order valence-corrected chi connectivity index (χ1v) is 8.82. The number of benzene rings is 1. The van der Waals surface area contributed by atoms with Gasteiger partial charge in [-0.05, 0) is 25.0 Å². The molecule has 0 spiro atoms. The molecule has 1 saturated carbocycles. The lowest BCUT2D eigenvalue weighted by molar-refractivity contribution is 0.369. The van der Waals surface area contributed by atoms with Crippen LogP contribution in [0, 0.1) is 0 Å². The Bertz CT molecular complexity index is 552. The summed E-state index contributed by atoms with van der Waals surface area (Å²) in [7, 11) is -3.60. The van der Waals surface area contributed by atoms with Crippen molar-refractivity contribution in [3.05, 3.63) is 29.3 Å². The van der Waals surface area contributed by atoms with Crippen LogP contribution in [-0.4, -0.2) is 20.5 Å². The van der Waals surface area contributed by atoms with Crippen LogP contribution in [-0.2, 0) is 10.0 Å². The predicted molar refractivity (Wildman–Crippen MR) is 81.3 cm³/mol. The average Bonchev–Trinajstić information content (AvgIpc) is 2.63. The first kappa shape index (κ1) is 15.8. The maximum atomic E-state index is 12.3. The first-order valence-electron chi connectivity index (χ1n) is 6.96. The molecule has 1 aromatic rings. The fraction of sp³-hybridized carbons (Fsp3) is 0.571. The summed E-state index contributed by atoms with van der Waals surface area (Å²) in [6.45, 7) is 0.264. The van der Waals surface area contributed by atoms with Gasteiger partial charge >= 0.3 is 0 Å². The van der Waals surface area contributed by atoms with Crippen LogP contribution in [0.25, 0.3) is 0 Å². The van der Waals surface area contributed by atoms with Crippen LogP contribution in [0.3, 0.4) is 0 Å². The number of hydrogen-bond donors (Lipinski definition) is 2. The standard InChI is InChI=1S/C14H21ClN2O2S/c15-12-7-3-4-8-13(12)20(18,19)17-11-14(16)9-5-1-2-6-10-14/h3-4,7-8,17H,1-2,5-6,9-11,16H2. The molecule has 0 amide bonds. The number of nitrogens with two attached hydrogens (primary N) is 1. The Labute approximate surface area is 125 Å². The maximum Gasteiger partial charge on any atom is 0.242 e. The lowest BCUT2D eigenvalue weighted by Crippen LogP contribution is -2.49. The van der Waals surface area contributed by atoms with E-state index in [1.165, 1.54) is 18.9 Å². The highest BCUT2D eigenvalue weighted by Gasteiger charge is 2.28. The van der Waals surface area contributed by atoms with Crippen LogP contribution >= 0.6 is 11.6 Å². The molecule has 1 fully saturated rings. The molecule has 0 radical (unpaired) electrons. The van der Waals surface area contributed by atoms with Crippen LogP contribution in [0.5, 0.6) is 0 Å². The highest BCUT2D eigenvalue weighted by Crippen LogP contribution is 2.25. The molecule has 0 aliphatic heterocycles. The zero-order valence-electron chi connectivity index (χ0n) is 11.4. The molecular weight excluding hydrogens is 296 g/mol. The number of nitrogens with one attached hydrogen (secondary N) is 1.